The number of aromatic nitrogens is 1. The molecule has 114 valence electrons. The summed E-state index contributed by atoms with van der Waals surface area (Å²) in [5.74, 6) is 0. The lowest BCUT2D eigenvalue weighted by molar-refractivity contribution is -0.140. The molecular weight excluding hydrogens is 288 g/mol. The normalized spacial score (nSPS) is 11.0. The van der Waals surface area contributed by atoms with Crippen molar-refractivity contribution in [2.45, 2.75) is 26.7 Å². The standard InChI is InChI=1S/C16H21ClN2O2/c1-3-20-16(21-4-2)15-9-13(17)6-5-12(15)10-19-14-7-8-18-11-14/h5-9,11,16,18-19H,3-4,10H2,1-2H3. The summed E-state index contributed by atoms with van der Waals surface area (Å²) in [5, 5.41) is 4.03. The number of anilines is 1. The molecule has 0 aliphatic heterocycles. The van der Waals surface area contributed by atoms with Crippen molar-refractivity contribution in [2.75, 3.05) is 18.5 Å². The Labute approximate surface area is 130 Å². The van der Waals surface area contributed by atoms with Gasteiger partial charge in [0, 0.05) is 42.7 Å². The molecule has 1 aromatic carbocycles. The molecular formula is C16H21ClN2O2. The fourth-order valence-electron chi connectivity index (χ4n) is 2.11. The first-order valence-electron chi connectivity index (χ1n) is 7.12. The van der Waals surface area contributed by atoms with E-state index in [4.69, 9.17) is 21.1 Å². The van der Waals surface area contributed by atoms with Crippen LogP contribution in [0.5, 0.6) is 0 Å². The van der Waals surface area contributed by atoms with Crippen molar-refractivity contribution >= 4 is 17.3 Å². The second-order valence-electron chi connectivity index (χ2n) is 4.54. The van der Waals surface area contributed by atoms with Gasteiger partial charge in [0.25, 0.3) is 0 Å². The van der Waals surface area contributed by atoms with Crippen molar-refractivity contribution in [3.8, 4) is 0 Å². The van der Waals surface area contributed by atoms with E-state index in [1.54, 1.807) is 0 Å². The Balaban J connectivity index is 2.18. The number of benzene rings is 1. The molecule has 0 bridgehead atoms. The number of hydrogen-bond acceptors (Lipinski definition) is 3. The molecule has 2 aromatic rings. The van der Waals surface area contributed by atoms with Gasteiger partial charge in [0.05, 0.1) is 5.69 Å². The summed E-state index contributed by atoms with van der Waals surface area (Å²) in [6.45, 7) is 5.76. The molecule has 5 heteroatoms. The maximum absolute atomic E-state index is 6.12. The smallest absolute Gasteiger partial charge is 0.184 e. The zero-order valence-electron chi connectivity index (χ0n) is 12.4. The van der Waals surface area contributed by atoms with Crippen LogP contribution < -0.4 is 5.32 Å². The van der Waals surface area contributed by atoms with E-state index >= 15 is 0 Å². The molecule has 0 spiro atoms. The van der Waals surface area contributed by atoms with Crippen LogP contribution in [-0.2, 0) is 16.0 Å². The molecule has 0 aliphatic rings. The van der Waals surface area contributed by atoms with Crippen molar-refractivity contribution in [1.29, 1.82) is 0 Å². The summed E-state index contributed by atoms with van der Waals surface area (Å²) < 4.78 is 11.4. The molecule has 0 radical (unpaired) electrons. The van der Waals surface area contributed by atoms with Crippen molar-refractivity contribution in [3.05, 3.63) is 52.8 Å². The Morgan fingerprint density at radius 3 is 2.57 bits per heavy atom. The summed E-state index contributed by atoms with van der Waals surface area (Å²) in [4.78, 5) is 3.02. The summed E-state index contributed by atoms with van der Waals surface area (Å²) in [6, 6.07) is 7.78. The van der Waals surface area contributed by atoms with Gasteiger partial charge in [0.2, 0.25) is 0 Å². The summed E-state index contributed by atoms with van der Waals surface area (Å²) in [7, 11) is 0. The summed E-state index contributed by atoms with van der Waals surface area (Å²) in [5.41, 5.74) is 3.11. The quantitative estimate of drug-likeness (QED) is 0.713. The molecule has 2 N–H and O–H groups in total. The topological polar surface area (TPSA) is 46.3 Å². The number of nitrogens with one attached hydrogen (secondary N) is 2. The second-order valence-corrected chi connectivity index (χ2v) is 4.98. The molecule has 0 aliphatic carbocycles. The first-order chi connectivity index (χ1) is 10.2. The minimum atomic E-state index is -0.387. The van der Waals surface area contributed by atoms with Crippen molar-refractivity contribution in [2.24, 2.45) is 0 Å². The molecule has 2 rings (SSSR count). The van der Waals surface area contributed by atoms with Gasteiger partial charge in [-0.3, -0.25) is 0 Å². The highest BCUT2D eigenvalue weighted by molar-refractivity contribution is 6.30. The zero-order valence-corrected chi connectivity index (χ0v) is 13.1. The molecule has 0 saturated heterocycles. The van der Waals surface area contributed by atoms with Gasteiger partial charge in [0.1, 0.15) is 0 Å². The van der Waals surface area contributed by atoms with Crippen molar-refractivity contribution in [1.82, 2.24) is 4.98 Å². The van der Waals surface area contributed by atoms with Crippen molar-refractivity contribution < 1.29 is 9.47 Å². The van der Waals surface area contributed by atoms with Gasteiger partial charge in [-0.05, 0) is 37.6 Å². The van der Waals surface area contributed by atoms with Gasteiger partial charge in [-0.15, -0.1) is 0 Å². The van der Waals surface area contributed by atoms with Gasteiger partial charge in [0.15, 0.2) is 6.29 Å². The van der Waals surface area contributed by atoms with Crippen LogP contribution in [0.4, 0.5) is 5.69 Å². The second kappa shape index (κ2) is 8.08. The largest absolute Gasteiger partial charge is 0.380 e. The first kappa shape index (κ1) is 15.9. The van der Waals surface area contributed by atoms with Crippen LogP contribution in [0.1, 0.15) is 31.3 Å². The lowest BCUT2D eigenvalue weighted by atomic mass is 10.1. The predicted octanol–water partition coefficient (Wildman–Crippen LogP) is 4.35. The van der Waals surface area contributed by atoms with Crippen LogP contribution in [0.3, 0.4) is 0 Å². The van der Waals surface area contributed by atoms with Gasteiger partial charge >= 0.3 is 0 Å². The van der Waals surface area contributed by atoms with Crippen LogP contribution in [0, 0.1) is 0 Å². The van der Waals surface area contributed by atoms with Crippen LogP contribution in [-0.4, -0.2) is 18.2 Å². The maximum Gasteiger partial charge on any atom is 0.184 e. The Morgan fingerprint density at radius 2 is 1.95 bits per heavy atom. The SMILES string of the molecule is CCOC(OCC)c1cc(Cl)ccc1CNc1cc[nH]c1. The number of ether oxygens (including phenoxy) is 2. The highest BCUT2D eigenvalue weighted by Gasteiger charge is 2.16. The van der Waals surface area contributed by atoms with E-state index in [1.807, 2.05) is 50.5 Å². The Hall–Kier alpha value is -1.49. The molecule has 0 amide bonds. The van der Waals surface area contributed by atoms with Crippen molar-refractivity contribution in [3.63, 3.8) is 0 Å². The van der Waals surface area contributed by atoms with Crippen LogP contribution in [0.15, 0.2) is 36.7 Å². The molecule has 0 unspecified atom stereocenters. The summed E-state index contributed by atoms with van der Waals surface area (Å²) >= 11 is 6.12. The van der Waals surface area contributed by atoms with Crippen LogP contribution in [0.2, 0.25) is 5.02 Å². The van der Waals surface area contributed by atoms with E-state index in [2.05, 4.69) is 10.3 Å². The molecule has 4 nitrogen and oxygen atoms in total. The Bertz CT molecular complexity index is 537. The molecule has 1 heterocycles. The first-order valence-corrected chi connectivity index (χ1v) is 7.50. The van der Waals surface area contributed by atoms with Gasteiger partial charge in [-0.1, -0.05) is 17.7 Å². The fourth-order valence-corrected chi connectivity index (χ4v) is 2.29. The number of H-pyrrole nitrogens is 1. The van der Waals surface area contributed by atoms with Gasteiger partial charge in [-0.2, -0.15) is 0 Å². The third kappa shape index (κ3) is 4.49. The van der Waals surface area contributed by atoms with E-state index in [0.29, 0.717) is 24.8 Å². The van der Waals surface area contributed by atoms with Gasteiger partial charge in [-0.25, -0.2) is 0 Å². The molecule has 0 atom stereocenters. The average molecular weight is 309 g/mol. The van der Waals surface area contributed by atoms with Crippen LogP contribution in [0.25, 0.3) is 0 Å². The van der Waals surface area contributed by atoms with E-state index < -0.39 is 0 Å². The zero-order chi connectivity index (χ0) is 15.1. The maximum atomic E-state index is 6.12. The number of hydrogen-bond donors (Lipinski definition) is 2. The molecule has 0 saturated carbocycles. The average Bonchev–Trinajstić information content (AvgIpc) is 2.99. The van der Waals surface area contributed by atoms with E-state index in [-0.39, 0.29) is 6.29 Å². The van der Waals surface area contributed by atoms with E-state index in [0.717, 1.165) is 16.8 Å². The highest BCUT2D eigenvalue weighted by atomic mass is 35.5. The Morgan fingerprint density at radius 1 is 1.19 bits per heavy atom. The lowest BCUT2D eigenvalue weighted by Gasteiger charge is -2.21. The third-order valence-electron chi connectivity index (χ3n) is 3.08. The fraction of sp³-hybridized carbons (Fsp3) is 0.375. The van der Waals surface area contributed by atoms with Crippen LogP contribution >= 0.6 is 11.6 Å². The third-order valence-corrected chi connectivity index (χ3v) is 3.31. The summed E-state index contributed by atoms with van der Waals surface area (Å²) in [6.07, 6.45) is 3.41. The molecule has 1 aromatic heterocycles. The predicted molar refractivity (Wildman–Crippen MR) is 85.6 cm³/mol. The minimum absolute atomic E-state index is 0.387. The number of aromatic amines is 1. The lowest BCUT2D eigenvalue weighted by Crippen LogP contribution is -2.13. The Kier molecular flexibility index (Phi) is 6.11. The monoisotopic (exact) mass is 308 g/mol. The minimum Gasteiger partial charge on any atom is -0.380 e. The number of halogens is 1. The van der Waals surface area contributed by atoms with Gasteiger partial charge < -0.3 is 19.8 Å². The molecule has 0 fully saturated rings. The molecule has 21 heavy (non-hydrogen) atoms. The van der Waals surface area contributed by atoms with E-state index in [1.165, 1.54) is 0 Å². The number of rotatable bonds is 8. The highest BCUT2D eigenvalue weighted by Crippen LogP contribution is 2.27. The van der Waals surface area contributed by atoms with E-state index in [9.17, 15) is 0 Å².